The van der Waals surface area contributed by atoms with E-state index in [2.05, 4.69) is 20.2 Å². The van der Waals surface area contributed by atoms with Gasteiger partial charge < -0.3 is 13.9 Å². The number of aromatic nitrogens is 3. The van der Waals surface area contributed by atoms with E-state index >= 15 is 0 Å². The molecule has 1 amide bonds. The number of carbonyl (C=O) groups excluding carboxylic acids is 1. The molecule has 6 rings (SSSR count). The number of furan rings is 1. The second kappa shape index (κ2) is 9.39. The number of thioether (sulfide) groups is 1. The van der Waals surface area contributed by atoms with Gasteiger partial charge in [-0.3, -0.25) is 15.0 Å². The first-order valence-electron chi connectivity index (χ1n) is 11.1. The Kier molecular flexibility index (Phi) is 5.88. The molecule has 0 saturated carbocycles. The van der Waals surface area contributed by atoms with E-state index in [4.69, 9.17) is 19.3 Å². The van der Waals surface area contributed by atoms with E-state index in [0.717, 1.165) is 16.8 Å². The van der Waals surface area contributed by atoms with Gasteiger partial charge in [0.05, 0.1) is 24.6 Å². The molecule has 0 radical (unpaired) electrons. The smallest absolute Gasteiger partial charge is 0.283 e. The van der Waals surface area contributed by atoms with Crippen LogP contribution in [0.1, 0.15) is 22.0 Å². The number of nitrogens with zero attached hydrogens (tertiary/aromatic N) is 6. The molecule has 0 atom stereocenters. The number of methoxy groups -OCH3 is 1. The van der Waals surface area contributed by atoms with Crippen LogP contribution in [0, 0.1) is 12.3 Å². The molecule has 4 aromatic rings. The fourth-order valence-corrected chi connectivity index (χ4v) is 5.36. The van der Waals surface area contributed by atoms with Crippen LogP contribution in [0.25, 0.3) is 11.0 Å². The zero-order chi connectivity index (χ0) is 26.4. The number of amidine groups is 2. The molecule has 1 N–H and O–H groups in total. The van der Waals surface area contributed by atoms with Crippen LogP contribution in [-0.4, -0.2) is 48.7 Å². The first kappa shape index (κ1) is 23.8. The Bertz CT molecular complexity index is 1770. The highest BCUT2D eigenvalue weighted by molar-refractivity contribution is 8.27. The highest BCUT2D eigenvalue weighted by Gasteiger charge is 2.36. The predicted octanol–water partition coefficient (Wildman–Crippen LogP) is 3.31. The van der Waals surface area contributed by atoms with Crippen LogP contribution in [0.3, 0.4) is 0 Å². The van der Waals surface area contributed by atoms with Crippen LogP contribution in [0.4, 0.5) is 0 Å². The van der Waals surface area contributed by atoms with Gasteiger partial charge in [0, 0.05) is 6.07 Å². The first-order chi connectivity index (χ1) is 18.4. The number of hydrogen-bond acceptors (Lipinski definition) is 11. The van der Waals surface area contributed by atoms with Crippen LogP contribution in [0.15, 0.2) is 67.5 Å². The number of hydrogen-bond donors (Lipinski definition) is 1. The lowest BCUT2D eigenvalue weighted by molar-refractivity contribution is -0.114. The van der Waals surface area contributed by atoms with Crippen molar-refractivity contribution in [3.05, 3.63) is 80.6 Å². The topological polar surface area (TPSA) is 148 Å². The third-order valence-corrected chi connectivity index (χ3v) is 7.21. The summed E-state index contributed by atoms with van der Waals surface area (Å²) in [5.74, 6) is 0.709. The molecule has 3 aromatic heterocycles. The minimum absolute atomic E-state index is 0.0444. The molecule has 0 fully saturated rings. The number of fused-ring (bicyclic) bond motifs is 2. The van der Waals surface area contributed by atoms with Crippen molar-refractivity contribution in [2.45, 2.75) is 13.5 Å². The highest BCUT2D eigenvalue weighted by Crippen LogP contribution is 2.33. The maximum absolute atomic E-state index is 12.7. The van der Waals surface area contributed by atoms with E-state index in [9.17, 15) is 9.59 Å². The molecule has 1 aromatic carbocycles. The average molecular weight is 548 g/mol. The summed E-state index contributed by atoms with van der Waals surface area (Å²) in [7, 11) is 1.49. The zero-order valence-electron chi connectivity index (χ0n) is 19.9. The Labute approximate surface area is 222 Å². The number of hydrazone groups is 1. The molecular weight excluding hydrogens is 530 g/mol. The molecule has 0 aliphatic carbocycles. The van der Waals surface area contributed by atoms with Crippen LogP contribution in [0.2, 0.25) is 0 Å². The van der Waals surface area contributed by atoms with Crippen LogP contribution in [-0.2, 0) is 11.4 Å². The van der Waals surface area contributed by atoms with Crippen LogP contribution in [0.5, 0.6) is 11.5 Å². The van der Waals surface area contributed by atoms with E-state index in [0.29, 0.717) is 43.7 Å². The summed E-state index contributed by atoms with van der Waals surface area (Å²) in [5, 5.41) is 19.9. The van der Waals surface area contributed by atoms with Crippen molar-refractivity contribution in [1.82, 2.24) is 19.6 Å². The summed E-state index contributed by atoms with van der Waals surface area (Å²) in [4.78, 5) is 34.1. The van der Waals surface area contributed by atoms with Gasteiger partial charge in [0.25, 0.3) is 11.5 Å². The minimum Gasteiger partial charge on any atom is -0.493 e. The highest BCUT2D eigenvalue weighted by atomic mass is 32.2. The molecule has 0 bridgehead atoms. The van der Waals surface area contributed by atoms with Gasteiger partial charge in [0.1, 0.15) is 11.6 Å². The number of ether oxygens (including phenoxy) is 2. The summed E-state index contributed by atoms with van der Waals surface area (Å²) < 4.78 is 18.0. The van der Waals surface area contributed by atoms with Gasteiger partial charge in [0.15, 0.2) is 28.1 Å². The number of aliphatic imine (C=N–C) groups is 1. The fraction of sp³-hybridized carbons (Fsp3) is 0.125. The van der Waals surface area contributed by atoms with E-state index in [1.807, 2.05) is 0 Å². The van der Waals surface area contributed by atoms with E-state index < -0.39 is 5.91 Å². The molecule has 12 nitrogen and oxygen atoms in total. The number of aryl methyl sites for hydroxylation is 1. The molecule has 190 valence electrons. The van der Waals surface area contributed by atoms with Crippen molar-refractivity contribution in [2.24, 2.45) is 10.1 Å². The third kappa shape index (κ3) is 4.29. The first-order valence-corrected chi connectivity index (χ1v) is 12.7. The van der Waals surface area contributed by atoms with Crippen molar-refractivity contribution < 1.29 is 18.7 Å². The number of benzene rings is 1. The standard InChI is InChI=1S/C24H17N7O5S2/c1-12-28-30-19(32)10-14(26-23(30)37-12)11-36-16-6-5-13(9-18(16)34-2)8-15-20(25)31-24(27-21(15)33)38-22(29-31)17-4-3-7-35-17/h3-10,25H,11H2,1-2H3/b15-8-,25-20?. The SMILES string of the molecule is COc1cc(/C=C2/C(=N)N3N=C(c4ccco4)SC3=NC2=O)ccc1OCc1cc(=O)n2nc(C)sc2n1. The Hall–Kier alpha value is -4.56. The third-order valence-electron chi connectivity index (χ3n) is 5.46. The van der Waals surface area contributed by atoms with Gasteiger partial charge in [-0.25, -0.2) is 4.98 Å². The van der Waals surface area contributed by atoms with Crippen molar-refractivity contribution in [2.75, 3.05) is 7.11 Å². The Morgan fingerprint density at radius 3 is 2.84 bits per heavy atom. The number of amides is 1. The molecule has 14 heteroatoms. The lowest BCUT2D eigenvalue weighted by Crippen LogP contribution is -2.35. The van der Waals surface area contributed by atoms with Gasteiger partial charge in [-0.05, 0) is 54.6 Å². The molecule has 0 unspecified atom stereocenters. The minimum atomic E-state index is -0.546. The van der Waals surface area contributed by atoms with Crippen molar-refractivity contribution in [3.8, 4) is 11.5 Å². The molecule has 38 heavy (non-hydrogen) atoms. The normalized spacial score (nSPS) is 16.2. The van der Waals surface area contributed by atoms with Gasteiger partial charge in [0.2, 0.25) is 10.1 Å². The molecule has 0 spiro atoms. The van der Waals surface area contributed by atoms with Crippen LogP contribution < -0.4 is 15.0 Å². The van der Waals surface area contributed by atoms with Gasteiger partial charge in [-0.2, -0.15) is 24.7 Å². The molecule has 0 saturated heterocycles. The quantitative estimate of drug-likeness (QED) is 0.359. The summed E-state index contributed by atoms with van der Waals surface area (Å²) in [6.07, 6.45) is 3.07. The Balaban J connectivity index is 1.23. The number of carbonyl (C=O) groups is 1. The fourth-order valence-electron chi connectivity index (χ4n) is 3.73. The summed E-state index contributed by atoms with van der Waals surface area (Å²) in [5.41, 5.74) is 0.849. The second-order valence-electron chi connectivity index (χ2n) is 8.00. The maximum Gasteiger partial charge on any atom is 0.283 e. The van der Waals surface area contributed by atoms with Gasteiger partial charge in [-0.15, -0.1) is 0 Å². The van der Waals surface area contributed by atoms with Crippen molar-refractivity contribution in [3.63, 3.8) is 0 Å². The average Bonchev–Trinajstić information content (AvgIpc) is 3.65. The lowest BCUT2D eigenvalue weighted by atomic mass is 10.1. The monoisotopic (exact) mass is 547 g/mol. The Morgan fingerprint density at radius 1 is 1.18 bits per heavy atom. The van der Waals surface area contributed by atoms with Gasteiger partial charge in [-0.1, -0.05) is 17.4 Å². The molecular formula is C24H17N7O5S2. The summed E-state index contributed by atoms with van der Waals surface area (Å²) >= 11 is 2.48. The molecule has 2 aliphatic heterocycles. The largest absolute Gasteiger partial charge is 0.493 e. The Morgan fingerprint density at radius 2 is 2.05 bits per heavy atom. The van der Waals surface area contributed by atoms with Crippen LogP contribution >= 0.6 is 23.1 Å². The summed E-state index contributed by atoms with van der Waals surface area (Å²) in [6, 6.07) is 9.93. The zero-order valence-corrected chi connectivity index (χ0v) is 21.5. The summed E-state index contributed by atoms with van der Waals surface area (Å²) in [6.45, 7) is 1.85. The lowest BCUT2D eigenvalue weighted by Gasteiger charge is -2.20. The molecule has 5 heterocycles. The number of rotatable bonds is 6. The predicted molar refractivity (Wildman–Crippen MR) is 142 cm³/mol. The van der Waals surface area contributed by atoms with Gasteiger partial charge >= 0.3 is 0 Å². The van der Waals surface area contributed by atoms with Crippen molar-refractivity contribution in [1.29, 1.82) is 5.41 Å². The second-order valence-corrected chi connectivity index (χ2v) is 10.1. The molecule has 2 aliphatic rings. The maximum atomic E-state index is 12.7. The van der Waals surface area contributed by atoms with E-state index in [-0.39, 0.29) is 23.6 Å². The van der Waals surface area contributed by atoms with E-state index in [1.165, 1.54) is 40.3 Å². The van der Waals surface area contributed by atoms with Crippen molar-refractivity contribution >= 4 is 56.1 Å². The number of nitrogens with one attached hydrogen (secondary N) is 1. The van der Waals surface area contributed by atoms with E-state index in [1.54, 1.807) is 43.3 Å².